The molecular formula is C15H17BrN2. The third-order valence-corrected chi connectivity index (χ3v) is 3.78. The fraction of sp³-hybridized carbons (Fsp3) is 0.267. The van der Waals surface area contributed by atoms with Gasteiger partial charge in [0.05, 0.1) is 11.7 Å². The summed E-state index contributed by atoms with van der Waals surface area (Å²) in [6.45, 7) is 4.11. The number of hydrogen-bond acceptors (Lipinski definition) is 2. The van der Waals surface area contributed by atoms with Gasteiger partial charge >= 0.3 is 0 Å². The second-order valence-corrected chi connectivity index (χ2v) is 5.47. The molecule has 1 aromatic heterocycles. The summed E-state index contributed by atoms with van der Waals surface area (Å²) < 4.78 is 1.10. The maximum atomic E-state index is 6.26. The Hall–Kier alpha value is -1.19. The van der Waals surface area contributed by atoms with Crippen LogP contribution in [0.3, 0.4) is 0 Å². The highest BCUT2D eigenvalue weighted by Crippen LogP contribution is 2.23. The molecule has 1 atom stereocenters. The van der Waals surface area contributed by atoms with E-state index in [4.69, 9.17) is 5.73 Å². The van der Waals surface area contributed by atoms with E-state index in [1.54, 1.807) is 0 Å². The zero-order valence-electron chi connectivity index (χ0n) is 10.7. The molecule has 0 aliphatic carbocycles. The lowest BCUT2D eigenvalue weighted by atomic mass is 10.0. The number of rotatable bonds is 3. The van der Waals surface area contributed by atoms with Crippen molar-refractivity contribution in [2.45, 2.75) is 26.3 Å². The summed E-state index contributed by atoms with van der Waals surface area (Å²) in [6, 6.07) is 10.2. The molecule has 94 valence electrons. The van der Waals surface area contributed by atoms with Gasteiger partial charge in [0, 0.05) is 10.7 Å². The number of nitrogens with zero attached hydrogens (tertiary/aromatic N) is 1. The first-order valence-electron chi connectivity index (χ1n) is 6.00. The molecule has 2 rings (SSSR count). The lowest BCUT2D eigenvalue weighted by Gasteiger charge is -2.15. The topological polar surface area (TPSA) is 38.9 Å². The summed E-state index contributed by atoms with van der Waals surface area (Å²) in [5.41, 5.74) is 10.8. The highest BCUT2D eigenvalue weighted by atomic mass is 79.9. The summed E-state index contributed by atoms with van der Waals surface area (Å²) >= 11 is 3.55. The largest absolute Gasteiger partial charge is 0.322 e. The number of halogens is 1. The monoisotopic (exact) mass is 304 g/mol. The van der Waals surface area contributed by atoms with Crippen LogP contribution in [0.25, 0.3) is 0 Å². The smallest absolute Gasteiger partial charge is 0.0603 e. The predicted molar refractivity (Wildman–Crippen MR) is 78.5 cm³/mol. The van der Waals surface area contributed by atoms with Gasteiger partial charge in [-0.2, -0.15) is 0 Å². The van der Waals surface area contributed by atoms with Crippen LogP contribution in [0.4, 0.5) is 0 Å². The van der Waals surface area contributed by atoms with Gasteiger partial charge in [0.25, 0.3) is 0 Å². The van der Waals surface area contributed by atoms with Crippen LogP contribution in [0.2, 0.25) is 0 Å². The van der Waals surface area contributed by atoms with E-state index < -0.39 is 0 Å². The highest BCUT2D eigenvalue weighted by molar-refractivity contribution is 9.10. The molecule has 0 amide bonds. The van der Waals surface area contributed by atoms with Crippen LogP contribution >= 0.6 is 15.9 Å². The standard InChI is InChI=1S/C15H17BrN2/c1-10-7-11(2)15(18-9-10)14(17)8-12-5-3-4-6-13(12)16/h3-7,9,14H,8,17H2,1-2H3. The maximum absolute atomic E-state index is 6.26. The van der Waals surface area contributed by atoms with Crippen molar-refractivity contribution in [3.63, 3.8) is 0 Å². The van der Waals surface area contributed by atoms with Crippen LogP contribution in [0, 0.1) is 13.8 Å². The summed E-state index contributed by atoms with van der Waals surface area (Å²) in [6.07, 6.45) is 2.67. The first-order chi connectivity index (χ1) is 8.58. The third-order valence-electron chi connectivity index (χ3n) is 3.00. The van der Waals surface area contributed by atoms with Gasteiger partial charge in [0.15, 0.2) is 0 Å². The molecule has 18 heavy (non-hydrogen) atoms. The van der Waals surface area contributed by atoms with Crippen molar-refractivity contribution < 1.29 is 0 Å². The van der Waals surface area contributed by atoms with Gasteiger partial charge in [0.1, 0.15) is 0 Å². The molecule has 0 radical (unpaired) electrons. The zero-order chi connectivity index (χ0) is 13.1. The Labute approximate surface area is 116 Å². The lowest BCUT2D eigenvalue weighted by Crippen LogP contribution is -2.16. The van der Waals surface area contributed by atoms with Crippen molar-refractivity contribution in [1.29, 1.82) is 0 Å². The Morgan fingerprint density at radius 2 is 2.00 bits per heavy atom. The Kier molecular flexibility index (Phi) is 4.15. The molecule has 1 heterocycles. The quantitative estimate of drug-likeness (QED) is 0.939. The number of benzene rings is 1. The van der Waals surface area contributed by atoms with Gasteiger partial charge in [-0.15, -0.1) is 0 Å². The lowest BCUT2D eigenvalue weighted by molar-refractivity contribution is 0.688. The molecule has 2 nitrogen and oxygen atoms in total. The van der Waals surface area contributed by atoms with Crippen LogP contribution in [0.1, 0.15) is 28.4 Å². The number of pyridine rings is 1. The molecule has 1 aromatic carbocycles. The molecule has 0 bridgehead atoms. The average Bonchev–Trinajstić information content (AvgIpc) is 2.32. The van der Waals surface area contributed by atoms with E-state index in [2.05, 4.69) is 40.0 Å². The van der Waals surface area contributed by atoms with E-state index in [1.807, 2.05) is 31.3 Å². The van der Waals surface area contributed by atoms with E-state index in [0.29, 0.717) is 0 Å². The molecule has 0 spiro atoms. The van der Waals surface area contributed by atoms with Gasteiger partial charge in [0.2, 0.25) is 0 Å². The highest BCUT2D eigenvalue weighted by Gasteiger charge is 2.12. The first kappa shape index (κ1) is 13.2. The third kappa shape index (κ3) is 2.98. The van der Waals surface area contributed by atoms with E-state index in [0.717, 1.165) is 22.2 Å². The van der Waals surface area contributed by atoms with E-state index in [9.17, 15) is 0 Å². The summed E-state index contributed by atoms with van der Waals surface area (Å²) in [7, 11) is 0. The molecule has 0 saturated heterocycles. The van der Waals surface area contributed by atoms with Crippen LogP contribution in [-0.4, -0.2) is 4.98 Å². The Bertz CT molecular complexity index is 552. The Balaban J connectivity index is 2.22. The van der Waals surface area contributed by atoms with Gasteiger partial charge in [-0.1, -0.05) is 40.2 Å². The molecule has 0 aliphatic heterocycles. The molecule has 0 fully saturated rings. The van der Waals surface area contributed by atoms with Crippen LogP contribution in [-0.2, 0) is 6.42 Å². The van der Waals surface area contributed by atoms with Crippen molar-refractivity contribution in [2.24, 2.45) is 5.73 Å². The first-order valence-corrected chi connectivity index (χ1v) is 6.79. The van der Waals surface area contributed by atoms with Crippen LogP contribution in [0.5, 0.6) is 0 Å². The molecule has 1 unspecified atom stereocenters. The van der Waals surface area contributed by atoms with Crippen molar-refractivity contribution in [1.82, 2.24) is 4.98 Å². The molecule has 3 heteroatoms. The molecule has 0 saturated carbocycles. The molecule has 0 aliphatic rings. The van der Waals surface area contributed by atoms with Crippen molar-refractivity contribution >= 4 is 15.9 Å². The number of aryl methyl sites for hydroxylation is 2. The fourth-order valence-corrected chi connectivity index (χ4v) is 2.56. The zero-order valence-corrected chi connectivity index (χ0v) is 12.2. The minimum atomic E-state index is -0.0655. The predicted octanol–water partition coefficient (Wildman–Crippen LogP) is 3.70. The van der Waals surface area contributed by atoms with E-state index >= 15 is 0 Å². The summed E-state index contributed by atoms with van der Waals surface area (Å²) in [5.74, 6) is 0. The molecule has 2 aromatic rings. The van der Waals surface area contributed by atoms with Gasteiger partial charge in [-0.25, -0.2) is 0 Å². The second-order valence-electron chi connectivity index (χ2n) is 4.62. The van der Waals surface area contributed by atoms with Gasteiger partial charge in [-0.3, -0.25) is 4.98 Å². The van der Waals surface area contributed by atoms with E-state index in [-0.39, 0.29) is 6.04 Å². The van der Waals surface area contributed by atoms with Crippen molar-refractivity contribution in [3.05, 3.63) is 63.4 Å². The van der Waals surface area contributed by atoms with Gasteiger partial charge in [-0.05, 0) is 43.0 Å². The molecule has 2 N–H and O–H groups in total. The fourth-order valence-electron chi connectivity index (χ4n) is 2.11. The second kappa shape index (κ2) is 5.63. The Morgan fingerprint density at radius 3 is 2.67 bits per heavy atom. The number of nitrogens with two attached hydrogens (primary N) is 1. The minimum absolute atomic E-state index is 0.0655. The van der Waals surface area contributed by atoms with Crippen LogP contribution < -0.4 is 5.73 Å². The van der Waals surface area contributed by atoms with Crippen molar-refractivity contribution in [2.75, 3.05) is 0 Å². The van der Waals surface area contributed by atoms with E-state index in [1.165, 1.54) is 11.1 Å². The SMILES string of the molecule is Cc1cnc(C(N)Cc2ccccc2Br)c(C)c1. The number of aromatic nitrogens is 1. The minimum Gasteiger partial charge on any atom is -0.322 e. The summed E-state index contributed by atoms with van der Waals surface area (Å²) in [4.78, 5) is 4.46. The maximum Gasteiger partial charge on any atom is 0.0603 e. The average molecular weight is 305 g/mol. The normalized spacial score (nSPS) is 12.4. The summed E-state index contributed by atoms with van der Waals surface area (Å²) in [5, 5.41) is 0. The van der Waals surface area contributed by atoms with Crippen molar-refractivity contribution in [3.8, 4) is 0 Å². The van der Waals surface area contributed by atoms with Crippen LogP contribution in [0.15, 0.2) is 41.0 Å². The molecular weight excluding hydrogens is 288 g/mol. The number of hydrogen-bond donors (Lipinski definition) is 1. The van der Waals surface area contributed by atoms with Gasteiger partial charge < -0.3 is 5.73 Å². The Morgan fingerprint density at radius 1 is 1.28 bits per heavy atom.